The number of nitrogens with zero attached hydrogens (tertiary/aromatic N) is 1. The molecule has 134 valence electrons. The maximum atomic E-state index is 6.07. The van der Waals surface area contributed by atoms with Crippen LogP contribution < -0.4 is 0 Å². The van der Waals surface area contributed by atoms with Gasteiger partial charge in [0.15, 0.2) is 0 Å². The van der Waals surface area contributed by atoms with Crippen LogP contribution in [0.15, 0.2) is 0 Å². The molecule has 0 aliphatic heterocycles. The summed E-state index contributed by atoms with van der Waals surface area (Å²) in [6.45, 7) is 16.3. The molecular weight excluding hydrogens is 298 g/mol. The van der Waals surface area contributed by atoms with E-state index in [-0.39, 0.29) is 11.2 Å². The van der Waals surface area contributed by atoms with Crippen LogP contribution >= 0.6 is 11.8 Å². The van der Waals surface area contributed by atoms with Gasteiger partial charge in [-0.2, -0.15) is 5.06 Å². The van der Waals surface area contributed by atoms with Crippen LogP contribution in [0, 0.1) is 0 Å². The molecule has 0 atom stereocenters. The highest BCUT2D eigenvalue weighted by atomic mass is 32.2. The highest BCUT2D eigenvalue weighted by molar-refractivity contribution is 7.99. The molecule has 0 amide bonds. The van der Waals surface area contributed by atoms with Gasteiger partial charge in [0.1, 0.15) is 0 Å². The SMILES string of the molecule is CCCSCOC(C)(C)CCOC(C)(C)CN(OC)C(C)C. The minimum absolute atomic E-state index is 0.143. The van der Waals surface area contributed by atoms with Crippen molar-refractivity contribution in [3.05, 3.63) is 0 Å². The van der Waals surface area contributed by atoms with Crippen LogP contribution in [-0.2, 0) is 14.3 Å². The van der Waals surface area contributed by atoms with Crippen LogP contribution in [0.2, 0.25) is 0 Å². The first kappa shape index (κ1) is 22.2. The molecule has 0 aromatic heterocycles. The summed E-state index contributed by atoms with van der Waals surface area (Å²) >= 11 is 1.85. The summed E-state index contributed by atoms with van der Waals surface area (Å²) in [6, 6.07) is 0.336. The smallest absolute Gasteiger partial charge is 0.0928 e. The summed E-state index contributed by atoms with van der Waals surface area (Å²) in [7, 11) is 1.71. The second kappa shape index (κ2) is 10.9. The van der Waals surface area contributed by atoms with Crippen molar-refractivity contribution in [1.82, 2.24) is 5.06 Å². The van der Waals surface area contributed by atoms with Gasteiger partial charge in [-0.15, -0.1) is 11.8 Å². The summed E-state index contributed by atoms with van der Waals surface area (Å²) in [4.78, 5) is 5.40. The van der Waals surface area contributed by atoms with Crippen molar-refractivity contribution < 1.29 is 14.3 Å². The molecule has 4 nitrogen and oxygen atoms in total. The lowest BCUT2D eigenvalue weighted by molar-refractivity contribution is -0.192. The zero-order valence-electron chi connectivity index (χ0n) is 15.9. The zero-order valence-corrected chi connectivity index (χ0v) is 16.7. The van der Waals surface area contributed by atoms with E-state index in [0.29, 0.717) is 12.6 Å². The van der Waals surface area contributed by atoms with Gasteiger partial charge in [0.2, 0.25) is 0 Å². The third kappa shape index (κ3) is 10.8. The van der Waals surface area contributed by atoms with Crippen molar-refractivity contribution in [2.24, 2.45) is 0 Å². The third-order valence-electron chi connectivity index (χ3n) is 3.43. The van der Waals surface area contributed by atoms with E-state index in [2.05, 4.69) is 48.5 Å². The standard InChI is InChI=1S/C17H37NO3S/c1-9-12-22-14-21-16(4,5)10-11-20-17(6,7)13-18(19-8)15(2)3/h15H,9-14H2,1-8H3. The zero-order chi connectivity index (χ0) is 17.2. The van der Waals surface area contributed by atoms with Crippen LogP contribution in [0.3, 0.4) is 0 Å². The van der Waals surface area contributed by atoms with Crippen LogP contribution in [0.5, 0.6) is 0 Å². The average molecular weight is 336 g/mol. The highest BCUT2D eigenvalue weighted by Gasteiger charge is 2.26. The number of ether oxygens (including phenoxy) is 2. The maximum absolute atomic E-state index is 6.07. The molecule has 0 aliphatic carbocycles. The van der Waals surface area contributed by atoms with Crippen molar-refractivity contribution in [3.63, 3.8) is 0 Å². The van der Waals surface area contributed by atoms with Crippen LogP contribution in [0.1, 0.15) is 61.3 Å². The van der Waals surface area contributed by atoms with Gasteiger partial charge in [-0.3, -0.25) is 0 Å². The van der Waals surface area contributed by atoms with E-state index in [1.807, 2.05) is 16.8 Å². The molecule has 22 heavy (non-hydrogen) atoms. The molecule has 0 heterocycles. The van der Waals surface area contributed by atoms with E-state index in [9.17, 15) is 0 Å². The summed E-state index contributed by atoms with van der Waals surface area (Å²) in [6.07, 6.45) is 2.08. The normalized spacial score (nSPS) is 13.4. The van der Waals surface area contributed by atoms with Crippen molar-refractivity contribution in [3.8, 4) is 0 Å². The molecule has 0 rings (SSSR count). The van der Waals surface area contributed by atoms with Crippen molar-refractivity contribution in [2.75, 3.05) is 32.0 Å². The van der Waals surface area contributed by atoms with Gasteiger partial charge in [0.25, 0.3) is 0 Å². The monoisotopic (exact) mass is 335 g/mol. The number of hydroxylamine groups is 2. The first-order chi connectivity index (χ1) is 10.1. The van der Waals surface area contributed by atoms with Gasteiger partial charge < -0.3 is 14.3 Å². The Balaban J connectivity index is 4.09. The molecular formula is C17H37NO3S. The fourth-order valence-electron chi connectivity index (χ4n) is 1.93. The summed E-state index contributed by atoms with van der Waals surface area (Å²) in [5.74, 6) is 1.91. The summed E-state index contributed by atoms with van der Waals surface area (Å²) in [5.41, 5.74) is -0.386. The lowest BCUT2D eigenvalue weighted by atomic mass is 10.1. The second-order valence-corrected chi connectivity index (χ2v) is 8.19. The Hall–Kier alpha value is 0.190. The van der Waals surface area contributed by atoms with E-state index in [1.165, 1.54) is 6.42 Å². The molecule has 5 heteroatoms. The largest absolute Gasteiger partial charge is 0.374 e. The van der Waals surface area contributed by atoms with E-state index in [0.717, 1.165) is 24.7 Å². The Bertz CT molecular complexity index is 283. The van der Waals surface area contributed by atoms with E-state index in [1.54, 1.807) is 7.11 Å². The minimum atomic E-state index is -0.243. The third-order valence-corrected chi connectivity index (χ3v) is 4.41. The molecule has 0 saturated heterocycles. The molecule has 0 saturated carbocycles. The molecule has 0 bridgehead atoms. The molecule has 0 spiro atoms. The van der Waals surface area contributed by atoms with Crippen LogP contribution in [0.25, 0.3) is 0 Å². The van der Waals surface area contributed by atoms with Gasteiger partial charge >= 0.3 is 0 Å². The van der Waals surface area contributed by atoms with E-state index >= 15 is 0 Å². The Morgan fingerprint density at radius 1 is 1.05 bits per heavy atom. The average Bonchev–Trinajstić information content (AvgIpc) is 2.40. The molecule has 0 aromatic rings. The lowest BCUT2D eigenvalue weighted by Gasteiger charge is -2.34. The number of thioether (sulfide) groups is 1. The predicted molar refractivity (Wildman–Crippen MR) is 96.3 cm³/mol. The first-order valence-electron chi connectivity index (χ1n) is 8.30. The molecule has 0 fully saturated rings. The van der Waals surface area contributed by atoms with Crippen LogP contribution in [-0.4, -0.2) is 54.3 Å². The van der Waals surface area contributed by atoms with Gasteiger partial charge in [0, 0.05) is 6.04 Å². The van der Waals surface area contributed by atoms with E-state index < -0.39 is 0 Å². The lowest BCUT2D eigenvalue weighted by Crippen LogP contribution is -2.44. The fourth-order valence-corrected chi connectivity index (χ4v) is 2.74. The Labute approximate surface area is 142 Å². The Morgan fingerprint density at radius 2 is 1.68 bits per heavy atom. The fraction of sp³-hybridized carbons (Fsp3) is 1.00. The molecule has 0 aromatic carbocycles. The van der Waals surface area contributed by atoms with Gasteiger partial charge in [-0.1, -0.05) is 6.92 Å². The summed E-state index contributed by atoms with van der Waals surface area (Å²) in [5, 5.41) is 1.95. The predicted octanol–water partition coefficient (Wildman–Crippen LogP) is 4.34. The minimum Gasteiger partial charge on any atom is -0.374 e. The molecule has 0 N–H and O–H groups in total. The van der Waals surface area contributed by atoms with Gasteiger partial charge in [0.05, 0.1) is 37.4 Å². The Morgan fingerprint density at radius 3 is 2.18 bits per heavy atom. The molecule has 0 radical (unpaired) electrons. The summed E-state index contributed by atoms with van der Waals surface area (Å²) < 4.78 is 12.0. The van der Waals surface area contributed by atoms with Crippen molar-refractivity contribution in [2.45, 2.75) is 78.6 Å². The quantitative estimate of drug-likeness (QED) is 0.284. The maximum Gasteiger partial charge on any atom is 0.0928 e. The topological polar surface area (TPSA) is 30.9 Å². The number of rotatable bonds is 13. The molecule has 0 unspecified atom stereocenters. The van der Waals surface area contributed by atoms with Gasteiger partial charge in [-0.05, 0) is 60.1 Å². The van der Waals surface area contributed by atoms with Gasteiger partial charge in [-0.25, -0.2) is 0 Å². The highest BCUT2D eigenvalue weighted by Crippen LogP contribution is 2.20. The number of hydrogen-bond donors (Lipinski definition) is 0. The molecule has 0 aliphatic rings. The Kier molecular flexibility index (Phi) is 11.0. The second-order valence-electron chi connectivity index (χ2n) is 7.14. The van der Waals surface area contributed by atoms with Crippen LogP contribution in [0.4, 0.5) is 0 Å². The van der Waals surface area contributed by atoms with Crippen molar-refractivity contribution in [1.29, 1.82) is 0 Å². The van der Waals surface area contributed by atoms with E-state index in [4.69, 9.17) is 14.3 Å². The first-order valence-corrected chi connectivity index (χ1v) is 9.45. The number of hydrogen-bond acceptors (Lipinski definition) is 5. The van der Waals surface area contributed by atoms with Crippen molar-refractivity contribution >= 4 is 11.8 Å².